The number of benzene rings is 1. The number of nitrogens with two attached hydrogens (primary N) is 1. The average molecular weight is 237 g/mol. The summed E-state index contributed by atoms with van der Waals surface area (Å²) in [6, 6.07) is 8.33. The van der Waals surface area contributed by atoms with Crippen molar-refractivity contribution in [2.75, 3.05) is 0 Å². The van der Waals surface area contributed by atoms with Crippen LogP contribution >= 0.6 is 0 Å². The van der Waals surface area contributed by atoms with Gasteiger partial charge in [-0.2, -0.15) is 0 Å². The predicted octanol–water partition coefficient (Wildman–Crippen LogP) is 0.922. The maximum atomic E-state index is 11.4. The number of carboxylic acid groups (broad SMARTS) is 1. The monoisotopic (exact) mass is 237 g/mol. The summed E-state index contributed by atoms with van der Waals surface area (Å²) in [4.78, 5) is 21.7. The lowest BCUT2D eigenvalue weighted by Gasteiger charge is -2.10. The minimum atomic E-state index is -0.976. The SMILES string of the molecule is N[C@@H](CCC(=O)O)C(=O)OCc1ccccc1. The number of hydrogen-bond donors (Lipinski definition) is 2. The molecule has 0 heterocycles. The fourth-order valence-corrected chi connectivity index (χ4v) is 1.23. The summed E-state index contributed by atoms with van der Waals surface area (Å²) in [6.07, 6.45) is -0.0510. The second kappa shape index (κ2) is 6.65. The lowest BCUT2D eigenvalue weighted by molar-refractivity contribution is -0.147. The molecule has 5 heteroatoms. The molecular formula is C12H15NO4. The summed E-state index contributed by atoms with van der Waals surface area (Å²) < 4.78 is 4.97. The van der Waals surface area contributed by atoms with Gasteiger partial charge in [-0.15, -0.1) is 0 Å². The first-order chi connectivity index (χ1) is 8.09. The van der Waals surface area contributed by atoms with Crippen LogP contribution in [0.4, 0.5) is 0 Å². The maximum absolute atomic E-state index is 11.4. The Morgan fingerprint density at radius 2 is 1.94 bits per heavy atom. The molecule has 0 aliphatic carbocycles. The normalized spacial score (nSPS) is 11.8. The lowest BCUT2D eigenvalue weighted by Crippen LogP contribution is -2.32. The summed E-state index contributed by atoms with van der Waals surface area (Å²) >= 11 is 0. The molecule has 0 radical (unpaired) electrons. The fourth-order valence-electron chi connectivity index (χ4n) is 1.23. The topological polar surface area (TPSA) is 89.6 Å². The average Bonchev–Trinajstić information content (AvgIpc) is 2.34. The van der Waals surface area contributed by atoms with Gasteiger partial charge >= 0.3 is 11.9 Å². The van der Waals surface area contributed by atoms with Gasteiger partial charge in [0.1, 0.15) is 12.6 Å². The highest BCUT2D eigenvalue weighted by molar-refractivity contribution is 5.76. The van der Waals surface area contributed by atoms with E-state index in [1.165, 1.54) is 0 Å². The summed E-state index contributed by atoms with van der Waals surface area (Å²) in [5.41, 5.74) is 6.36. The number of carbonyl (C=O) groups excluding carboxylic acids is 1. The molecule has 1 aromatic carbocycles. The minimum Gasteiger partial charge on any atom is -0.481 e. The zero-order chi connectivity index (χ0) is 12.7. The van der Waals surface area contributed by atoms with E-state index in [1.807, 2.05) is 30.3 Å². The summed E-state index contributed by atoms with van der Waals surface area (Å²) in [7, 11) is 0. The number of aliphatic carboxylic acids is 1. The van der Waals surface area contributed by atoms with Crippen molar-refractivity contribution in [3.63, 3.8) is 0 Å². The third-order valence-corrected chi connectivity index (χ3v) is 2.20. The summed E-state index contributed by atoms with van der Waals surface area (Å²) in [6.45, 7) is 0.153. The van der Waals surface area contributed by atoms with Crippen molar-refractivity contribution in [3.05, 3.63) is 35.9 Å². The van der Waals surface area contributed by atoms with E-state index >= 15 is 0 Å². The second-order valence-corrected chi connectivity index (χ2v) is 3.63. The number of hydrogen-bond acceptors (Lipinski definition) is 4. The Morgan fingerprint density at radius 1 is 1.29 bits per heavy atom. The van der Waals surface area contributed by atoms with E-state index in [4.69, 9.17) is 15.6 Å². The molecule has 0 bridgehead atoms. The number of esters is 1. The first-order valence-corrected chi connectivity index (χ1v) is 5.27. The molecule has 1 aromatic rings. The van der Waals surface area contributed by atoms with Gasteiger partial charge in [0.2, 0.25) is 0 Å². The van der Waals surface area contributed by atoms with Gasteiger partial charge in [-0.05, 0) is 12.0 Å². The molecular weight excluding hydrogens is 222 g/mol. The van der Waals surface area contributed by atoms with E-state index in [-0.39, 0.29) is 19.4 Å². The Labute approximate surface area is 99.2 Å². The van der Waals surface area contributed by atoms with E-state index in [0.717, 1.165) is 5.56 Å². The molecule has 0 fully saturated rings. The zero-order valence-corrected chi connectivity index (χ0v) is 9.33. The molecule has 0 aromatic heterocycles. The smallest absolute Gasteiger partial charge is 0.323 e. The highest BCUT2D eigenvalue weighted by Gasteiger charge is 2.16. The molecule has 0 saturated heterocycles. The van der Waals surface area contributed by atoms with Crippen LogP contribution in [0.2, 0.25) is 0 Å². The van der Waals surface area contributed by atoms with E-state index in [9.17, 15) is 9.59 Å². The van der Waals surface area contributed by atoms with E-state index < -0.39 is 18.0 Å². The van der Waals surface area contributed by atoms with Gasteiger partial charge in [0, 0.05) is 6.42 Å². The predicted molar refractivity (Wildman–Crippen MR) is 61.1 cm³/mol. The summed E-state index contributed by atoms with van der Waals surface area (Å²) in [5, 5.41) is 8.44. The Hall–Kier alpha value is -1.88. The molecule has 0 aliphatic rings. The van der Waals surface area contributed by atoms with E-state index in [2.05, 4.69) is 0 Å². The zero-order valence-electron chi connectivity index (χ0n) is 9.33. The number of carbonyl (C=O) groups is 2. The van der Waals surface area contributed by atoms with Gasteiger partial charge in [-0.25, -0.2) is 0 Å². The van der Waals surface area contributed by atoms with Crippen LogP contribution in [-0.4, -0.2) is 23.1 Å². The van der Waals surface area contributed by atoms with Crippen LogP contribution < -0.4 is 5.73 Å². The second-order valence-electron chi connectivity index (χ2n) is 3.63. The highest BCUT2D eigenvalue weighted by Crippen LogP contribution is 2.03. The number of carboxylic acids is 1. The molecule has 1 rings (SSSR count). The van der Waals surface area contributed by atoms with Gasteiger partial charge in [0.05, 0.1) is 0 Å². The third-order valence-electron chi connectivity index (χ3n) is 2.20. The number of ether oxygens (including phenoxy) is 1. The van der Waals surface area contributed by atoms with Crippen LogP contribution in [0, 0.1) is 0 Å². The molecule has 0 spiro atoms. The largest absolute Gasteiger partial charge is 0.481 e. The van der Waals surface area contributed by atoms with Gasteiger partial charge in [-0.1, -0.05) is 30.3 Å². The van der Waals surface area contributed by atoms with Crippen LogP contribution in [0.1, 0.15) is 18.4 Å². The van der Waals surface area contributed by atoms with Crippen LogP contribution in [0.15, 0.2) is 30.3 Å². The Balaban J connectivity index is 2.32. The number of rotatable bonds is 6. The van der Waals surface area contributed by atoms with Crippen molar-refractivity contribution < 1.29 is 19.4 Å². The van der Waals surface area contributed by atoms with Crippen molar-refractivity contribution in [1.82, 2.24) is 0 Å². The third kappa shape index (κ3) is 5.12. The molecule has 0 aliphatic heterocycles. The van der Waals surface area contributed by atoms with Gasteiger partial charge < -0.3 is 15.6 Å². The Bertz CT molecular complexity index is 377. The van der Waals surface area contributed by atoms with Gasteiger partial charge in [0.15, 0.2) is 0 Å². The van der Waals surface area contributed by atoms with Crippen LogP contribution in [0.3, 0.4) is 0 Å². The first kappa shape index (κ1) is 13.2. The fraction of sp³-hybridized carbons (Fsp3) is 0.333. The molecule has 0 amide bonds. The van der Waals surface area contributed by atoms with Crippen molar-refractivity contribution in [2.45, 2.75) is 25.5 Å². The highest BCUT2D eigenvalue weighted by atomic mass is 16.5. The van der Waals surface area contributed by atoms with Crippen molar-refractivity contribution in [2.24, 2.45) is 5.73 Å². The quantitative estimate of drug-likeness (QED) is 0.718. The van der Waals surface area contributed by atoms with E-state index in [1.54, 1.807) is 0 Å². The molecule has 1 atom stereocenters. The van der Waals surface area contributed by atoms with E-state index in [0.29, 0.717) is 0 Å². The standard InChI is InChI=1S/C12H15NO4/c13-10(6-7-11(14)15)12(16)17-8-9-4-2-1-3-5-9/h1-5,10H,6-8,13H2,(H,14,15)/t10-/m0/s1. The molecule has 0 unspecified atom stereocenters. The summed E-state index contributed by atoms with van der Waals surface area (Å²) in [5.74, 6) is -1.55. The van der Waals surface area contributed by atoms with Crippen LogP contribution in [-0.2, 0) is 20.9 Å². The minimum absolute atomic E-state index is 0.0863. The first-order valence-electron chi connectivity index (χ1n) is 5.27. The van der Waals surface area contributed by atoms with Crippen LogP contribution in [0.25, 0.3) is 0 Å². The maximum Gasteiger partial charge on any atom is 0.323 e. The Kier molecular flexibility index (Phi) is 5.16. The van der Waals surface area contributed by atoms with Crippen molar-refractivity contribution in [3.8, 4) is 0 Å². The Morgan fingerprint density at radius 3 is 2.53 bits per heavy atom. The van der Waals surface area contributed by atoms with Crippen molar-refractivity contribution >= 4 is 11.9 Å². The lowest BCUT2D eigenvalue weighted by atomic mass is 10.2. The molecule has 0 saturated carbocycles. The van der Waals surface area contributed by atoms with Crippen molar-refractivity contribution in [1.29, 1.82) is 0 Å². The van der Waals surface area contributed by atoms with Crippen LogP contribution in [0.5, 0.6) is 0 Å². The molecule has 5 nitrogen and oxygen atoms in total. The molecule has 17 heavy (non-hydrogen) atoms. The molecule has 92 valence electrons. The molecule has 3 N–H and O–H groups in total. The van der Waals surface area contributed by atoms with Gasteiger partial charge in [-0.3, -0.25) is 9.59 Å². The van der Waals surface area contributed by atoms with Gasteiger partial charge in [0.25, 0.3) is 0 Å².